The number of nitrogens with zero attached hydrogens (tertiary/aromatic N) is 1. The highest BCUT2D eigenvalue weighted by atomic mass is 32.2. The van der Waals surface area contributed by atoms with Crippen LogP contribution in [0.25, 0.3) is 0 Å². The fourth-order valence-electron chi connectivity index (χ4n) is 2.45. The molecule has 1 saturated heterocycles. The van der Waals surface area contributed by atoms with Crippen LogP contribution in [0, 0.1) is 5.82 Å². The van der Waals surface area contributed by atoms with Gasteiger partial charge in [0, 0.05) is 6.54 Å². The van der Waals surface area contributed by atoms with Crippen LogP contribution < -0.4 is 0 Å². The van der Waals surface area contributed by atoms with Gasteiger partial charge in [-0.1, -0.05) is 0 Å². The summed E-state index contributed by atoms with van der Waals surface area (Å²) in [6.07, 6.45) is 0.588. The Morgan fingerprint density at radius 3 is 2.70 bits per heavy atom. The molecule has 7 nitrogen and oxygen atoms in total. The zero-order valence-corrected chi connectivity index (χ0v) is 13.2. The fraction of sp³-hybridized carbons (Fsp3) is 0.429. The van der Waals surface area contributed by atoms with Crippen molar-refractivity contribution in [1.82, 2.24) is 4.31 Å². The summed E-state index contributed by atoms with van der Waals surface area (Å²) in [4.78, 5) is 22.4. The van der Waals surface area contributed by atoms with Crippen LogP contribution in [0.15, 0.2) is 23.1 Å². The maximum atomic E-state index is 13.7. The molecule has 1 aromatic rings. The second-order valence-corrected chi connectivity index (χ2v) is 6.90. The van der Waals surface area contributed by atoms with Crippen molar-refractivity contribution in [2.45, 2.75) is 30.7 Å². The molecule has 0 unspecified atom stereocenters. The summed E-state index contributed by atoms with van der Waals surface area (Å²) in [6, 6.07) is 1.44. The van der Waals surface area contributed by atoms with Crippen LogP contribution in [0.5, 0.6) is 0 Å². The van der Waals surface area contributed by atoms with Crippen molar-refractivity contribution >= 4 is 22.0 Å². The first-order valence-corrected chi connectivity index (χ1v) is 8.43. The lowest BCUT2D eigenvalue weighted by atomic mass is 10.2. The number of halogens is 1. The molecule has 1 aliphatic heterocycles. The number of sulfonamides is 1. The van der Waals surface area contributed by atoms with Gasteiger partial charge in [-0.15, -0.1) is 0 Å². The average Bonchev–Trinajstić information content (AvgIpc) is 2.97. The van der Waals surface area contributed by atoms with Gasteiger partial charge in [-0.2, -0.15) is 4.31 Å². The number of benzene rings is 1. The molecular weight excluding hydrogens is 329 g/mol. The third kappa shape index (κ3) is 3.50. The van der Waals surface area contributed by atoms with Gasteiger partial charge in [-0.3, -0.25) is 4.79 Å². The molecule has 0 aromatic heterocycles. The van der Waals surface area contributed by atoms with Gasteiger partial charge in [0.05, 0.1) is 17.1 Å². The highest BCUT2D eigenvalue weighted by molar-refractivity contribution is 7.89. The zero-order valence-electron chi connectivity index (χ0n) is 12.4. The Labute approximate surface area is 132 Å². The molecule has 1 aromatic carbocycles. The lowest BCUT2D eigenvalue weighted by molar-refractivity contribution is -0.140. The summed E-state index contributed by atoms with van der Waals surface area (Å²) in [6.45, 7) is 1.66. The smallest absolute Gasteiger partial charge is 0.338 e. The van der Waals surface area contributed by atoms with Crippen LogP contribution in [-0.4, -0.2) is 49.0 Å². The van der Waals surface area contributed by atoms with E-state index in [1.54, 1.807) is 6.92 Å². The Hall–Kier alpha value is -2.00. The van der Waals surface area contributed by atoms with E-state index in [0.717, 1.165) is 22.5 Å². The van der Waals surface area contributed by atoms with Crippen LogP contribution in [0.2, 0.25) is 0 Å². The van der Waals surface area contributed by atoms with Gasteiger partial charge >= 0.3 is 11.9 Å². The van der Waals surface area contributed by atoms with Crippen molar-refractivity contribution in [3.8, 4) is 0 Å². The van der Waals surface area contributed by atoms with Crippen molar-refractivity contribution in [3.05, 3.63) is 29.6 Å². The summed E-state index contributed by atoms with van der Waals surface area (Å²) in [5.41, 5.74) is -0.239. The molecule has 9 heteroatoms. The predicted octanol–water partition coefficient (Wildman–Crippen LogP) is 1.24. The molecule has 0 aliphatic carbocycles. The van der Waals surface area contributed by atoms with E-state index in [1.165, 1.54) is 0 Å². The first kappa shape index (κ1) is 17.4. The molecule has 1 aliphatic rings. The minimum Gasteiger partial charge on any atom is -0.480 e. The first-order valence-electron chi connectivity index (χ1n) is 6.99. The average molecular weight is 345 g/mol. The number of hydrogen-bond acceptors (Lipinski definition) is 5. The van der Waals surface area contributed by atoms with E-state index in [1.807, 2.05) is 0 Å². The van der Waals surface area contributed by atoms with Crippen molar-refractivity contribution in [2.24, 2.45) is 0 Å². The van der Waals surface area contributed by atoms with Crippen molar-refractivity contribution in [1.29, 1.82) is 0 Å². The number of carboxylic acids is 1. The normalized spacial score (nSPS) is 18.8. The number of ether oxygens (including phenoxy) is 1. The fourth-order valence-corrected chi connectivity index (χ4v) is 4.16. The molecular formula is C14H16FNO6S. The molecule has 1 heterocycles. The molecule has 126 valence electrons. The maximum absolute atomic E-state index is 13.7. The summed E-state index contributed by atoms with van der Waals surface area (Å²) < 4.78 is 44.4. The summed E-state index contributed by atoms with van der Waals surface area (Å²) in [5, 5.41) is 9.11. The first-order chi connectivity index (χ1) is 10.8. The molecule has 0 bridgehead atoms. The molecule has 0 amide bonds. The third-order valence-electron chi connectivity index (χ3n) is 3.48. The van der Waals surface area contributed by atoms with Crippen LogP contribution in [0.3, 0.4) is 0 Å². The Kier molecular flexibility index (Phi) is 5.00. The minimum atomic E-state index is -4.22. The second-order valence-electron chi connectivity index (χ2n) is 5.01. The molecule has 23 heavy (non-hydrogen) atoms. The van der Waals surface area contributed by atoms with E-state index in [0.29, 0.717) is 6.42 Å². The summed E-state index contributed by atoms with van der Waals surface area (Å²) in [5.74, 6) is -3.02. The van der Waals surface area contributed by atoms with Gasteiger partial charge in [0.2, 0.25) is 10.0 Å². The van der Waals surface area contributed by atoms with E-state index in [4.69, 9.17) is 9.84 Å². The number of hydrogen-bond donors (Lipinski definition) is 1. The number of aliphatic carboxylic acids is 1. The predicted molar refractivity (Wildman–Crippen MR) is 76.9 cm³/mol. The Morgan fingerprint density at radius 1 is 1.39 bits per heavy atom. The zero-order chi connectivity index (χ0) is 17.2. The van der Waals surface area contributed by atoms with Crippen molar-refractivity contribution < 1.29 is 32.2 Å². The number of carboxylic acid groups (broad SMARTS) is 1. The monoisotopic (exact) mass is 345 g/mol. The molecule has 0 saturated carbocycles. The minimum absolute atomic E-state index is 0.0323. The van der Waals surface area contributed by atoms with E-state index < -0.39 is 38.7 Å². The lowest BCUT2D eigenvalue weighted by Gasteiger charge is -2.21. The van der Waals surface area contributed by atoms with Gasteiger partial charge in [0.1, 0.15) is 11.9 Å². The molecule has 0 spiro atoms. The Balaban J connectivity index is 2.44. The number of esters is 1. The van der Waals surface area contributed by atoms with Crippen LogP contribution >= 0.6 is 0 Å². The largest absolute Gasteiger partial charge is 0.480 e. The van der Waals surface area contributed by atoms with E-state index >= 15 is 0 Å². The second kappa shape index (κ2) is 6.63. The quantitative estimate of drug-likeness (QED) is 0.806. The Bertz CT molecular complexity index is 733. The number of carbonyl (C=O) groups is 2. The van der Waals surface area contributed by atoms with E-state index in [9.17, 15) is 22.4 Å². The Morgan fingerprint density at radius 2 is 2.09 bits per heavy atom. The van der Waals surface area contributed by atoms with Gasteiger partial charge in [-0.25, -0.2) is 17.6 Å². The van der Waals surface area contributed by atoms with Gasteiger partial charge in [-0.05, 0) is 38.0 Å². The molecule has 1 atom stereocenters. The van der Waals surface area contributed by atoms with Gasteiger partial charge in [0.15, 0.2) is 0 Å². The maximum Gasteiger partial charge on any atom is 0.338 e. The highest BCUT2D eigenvalue weighted by Crippen LogP contribution is 2.27. The standard InChI is InChI=1S/C14H16FNO6S/c1-2-22-14(19)9-6-10(15)8-11(7-9)23(20,21)16-5-3-4-12(16)13(17)18/h6-8,12H,2-5H2,1H3,(H,17,18)/t12-/m0/s1. The summed E-state index contributed by atoms with van der Waals surface area (Å²) in [7, 11) is -4.22. The number of rotatable bonds is 5. The molecule has 2 rings (SSSR count). The SMILES string of the molecule is CCOC(=O)c1cc(F)cc(S(=O)(=O)N2CCC[C@H]2C(=O)O)c1. The van der Waals surface area contributed by atoms with Crippen LogP contribution in [0.1, 0.15) is 30.1 Å². The molecule has 0 radical (unpaired) electrons. The van der Waals surface area contributed by atoms with E-state index in [2.05, 4.69) is 0 Å². The molecule has 1 N–H and O–H groups in total. The highest BCUT2D eigenvalue weighted by Gasteiger charge is 2.39. The lowest BCUT2D eigenvalue weighted by Crippen LogP contribution is -2.40. The van der Waals surface area contributed by atoms with E-state index in [-0.39, 0.29) is 25.1 Å². The van der Waals surface area contributed by atoms with Gasteiger partial charge < -0.3 is 9.84 Å². The topological polar surface area (TPSA) is 101 Å². The molecule has 1 fully saturated rings. The van der Waals surface area contributed by atoms with Crippen molar-refractivity contribution in [3.63, 3.8) is 0 Å². The summed E-state index contributed by atoms with van der Waals surface area (Å²) >= 11 is 0. The van der Waals surface area contributed by atoms with Crippen molar-refractivity contribution in [2.75, 3.05) is 13.2 Å². The van der Waals surface area contributed by atoms with Crippen LogP contribution in [0.4, 0.5) is 4.39 Å². The number of carbonyl (C=O) groups excluding carboxylic acids is 1. The third-order valence-corrected chi connectivity index (χ3v) is 5.36. The van der Waals surface area contributed by atoms with Gasteiger partial charge in [0.25, 0.3) is 0 Å². The van der Waals surface area contributed by atoms with Crippen LogP contribution in [-0.2, 0) is 19.6 Å².